The van der Waals surface area contributed by atoms with E-state index in [2.05, 4.69) is 10.6 Å². The fourth-order valence-electron chi connectivity index (χ4n) is 2.15. The Morgan fingerprint density at radius 3 is 2.00 bits per heavy atom. The Bertz CT molecular complexity index is 268. The van der Waals surface area contributed by atoms with Crippen molar-refractivity contribution in [3.63, 3.8) is 0 Å². The third-order valence-electron chi connectivity index (χ3n) is 3.31. The minimum Gasteiger partial charge on any atom is -0.369 e. The highest BCUT2D eigenvalue weighted by atomic mass is 32.1. The SMILES string of the molecule is O=C(NC1CCCCCC1)C(=S)NC1CC1. The van der Waals surface area contributed by atoms with E-state index in [9.17, 15) is 4.79 Å². The summed E-state index contributed by atoms with van der Waals surface area (Å²) in [5.74, 6) is -0.0752. The van der Waals surface area contributed by atoms with E-state index < -0.39 is 0 Å². The summed E-state index contributed by atoms with van der Waals surface area (Å²) in [6.07, 6.45) is 9.58. The van der Waals surface area contributed by atoms with Crippen molar-refractivity contribution in [2.75, 3.05) is 0 Å². The minimum atomic E-state index is -0.0752. The van der Waals surface area contributed by atoms with Gasteiger partial charge in [-0.25, -0.2) is 0 Å². The zero-order valence-corrected chi connectivity index (χ0v) is 10.4. The van der Waals surface area contributed by atoms with E-state index in [1.807, 2.05) is 0 Å². The van der Waals surface area contributed by atoms with Gasteiger partial charge in [-0.2, -0.15) is 0 Å². The lowest BCUT2D eigenvalue weighted by molar-refractivity contribution is -0.115. The van der Waals surface area contributed by atoms with Gasteiger partial charge in [0.05, 0.1) is 0 Å². The van der Waals surface area contributed by atoms with Crippen LogP contribution in [-0.2, 0) is 4.79 Å². The van der Waals surface area contributed by atoms with Gasteiger partial charge < -0.3 is 10.6 Å². The van der Waals surface area contributed by atoms with E-state index >= 15 is 0 Å². The Balaban J connectivity index is 1.73. The molecule has 0 heterocycles. The standard InChI is InChI=1S/C12H20N2OS/c15-11(12(16)14-10-7-8-10)13-9-5-3-1-2-4-6-9/h9-10H,1-8H2,(H,13,15)(H,14,16). The Hall–Kier alpha value is -0.640. The maximum Gasteiger partial charge on any atom is 0.278 e. The van der Waals surface area contributed by atoms with Crippen molar-refractivity contribution in [1.29, 1.82) is 0 Å². The molecular formula is C12H20N2OS. The molecule has 1 amide bonds. The smallest absolute Gasteiger partial charge is 0.278 e. The van der Waals surface area contributed by atoms with Crippen LogP contribution in [0.3, 0.4) is 0 Å². The van der Waals surface area contributed by atoms with Crippen LogP contribution in [0, 0.1) is 0 Å². The molecule has 0 radical (unpaired) electrons. The zero-order valence-electron chi connectivity index (χ0n) is 9.63. The third kappa shape index (κ3) is 3.74. The number of carbonyl (C=O) groups is 1. The second kappa shape index (κ2) is 5.62. The van der Waals surface area contributed by atoms with Crippen molar-refractivity contribution in [3.05, 3.63) is 0 Å². The van der Waals surface area contributed by atoms with Gasteiger partial charge in [0.15, 0.2) is 4.99 Å². The molecule has 2 saturated carbocycles. The molecule has 0 unspecified atom stereocenters. The summed E-state index contributed by atoms with van der Waals surface area (Å²) >= 11 is 5.07. The van der Waals surface area contributed by atoms with Gasteiger partial charge in [-0.1, -0.05) is 37.9 Å². The average Bonchev–Trinajstić information content (AvgIpc) is 3.05. The number of carbonyl (C=O) groups excluding carboxylic acids is 1. The van der Waals surface area contributed by atoms with Gasteiger partial charge in [0.1, 0.15) is 0 Å². The number of rotatable bonds is 2. The molecule has 0 saturated heterocycles. The monoisotopic (exact) mass is 240 g/mol. The summed E-state index contributed by atoms with van der Waals surface area (Å²) in [6.45, 7) is 0. The van der Waals surface area contributed by atoms with Gasteiger partial charge in [-0.3, -0.25) is 4.79 Å². The van der Waals surface area contributed by atoms with E-state index in [-0.39, 0.29) is 5.91 Å². The van der Waals surface area contributed by atoms with E-state index in [4.69, 9.17) is 12.2 Å². The molecule has 4 heteroatoms. The van der Waals surface area contributed by atoms with Gasteiger partial charge in [-0.15, -0.1) is 0 Å². The molecule has 2 aliphatic carbocycles. The van der Waals surface area contributed by atoms with Gasteiger partial charge in [0.2, 0.25) is 0 Å². The van der Waals surface area contributed by atoms with Crippen molar-refractivity contribution in [3.8, 4) is 0 Å². The first-order valence-corrected chi connectivity index (χ1v) is 6.78. The fourth-order valence-corrected chi connectivity index (χ4v) is 2.38. The molecule has 0 aromatic carbocycles. The number of hydrogen-bond donors (Lipinski definition) is 2. The summed E-state index contributed by atoms with van der Waals surface area (Å²) in [4.78, 5) is 12.2. The molecular weight excluding hydrogens is 220 g/mol. The first kappa shape index (κ1) is 11.8. The summed E-state index contributed by atoms with van der Waals surface area (Å²) < 4.78 is 0. The molecule has 2 N–H and O–H groups in total. The van der Waals surface area contributed by atoms with Crippen molar-refractivity contribution < 1.29 is 4.79 Å². The number of hydrogen-bond acceptors (Lipinski definition) is 2. The molecule has 90 valence electrons. The lowest BCUT2D eigenvalue weighted by Crippen LogP contribution is -2.44. The van der Waals surface area contributed by atoms with Crippen LogP contribution in [0.15, 0.2) is 0 Å². The lowest BCUT2D eigenvalue weighted by atomic mass is 10.1. The van der Waals surface area contributed by atoms with Gasteiger partial charge in [-0.05, 0) is 25.7 Å². The summed E-state index contributed by atoms with van der Waals surface area (Å²) in [6, 6.07) is 0.807. The van der Waals surface area contributed by atoms with Crippen molar-refractivity contribution in [2.24, 2.45) is 0 Å². The normalized spacial score (nSPS) is 22.2. The maximum absolute atomic E-state index is 11.8. The molecule has 0 atom stereocenters. The second-order valence-corrected chi connectivity index (χ2v) is 5.32. The van der Waals surface area contributed by atoms with Gasteiger partial charge >= 0.3 is 0 Å². The fraction of sp³-hybridized carbons (Fsp3) is 0.833. The van der Waals surface area contributed by atoms with E-state index in [1.165, 1.54) is 25.7 Å². The van der Waals surface area contributed by atoms with E-state index in [0.717, 1.165) is 25.7 Å². The maximum atomic E-state index is 11.8. The van der Waals surface area contributed by atoms with Crippen LogP contribution in [0.1, 0.15) is 51.4 Å². The minimum absolute atomic E-state index is 0.0752. The molecule has 2 aliphatic rings. The van der Waals surface area contributed by atoms with Gasteiger partial charge in [0, 0.05) is 12.1 Å². The van der Waals surface area contributed by atoms with Crippen LogP contribution in [0.25, 0.3) is 0 Å². The highest BCUT2D eigenvalue weighted by Gasteiger charge is 2.25. The average molecular weight is 240 g/mol. The summed E-state index contributed by atoms with van der Waals surface area (Å²) in [5, 5.41) is 6.13. The van der Waals surface area contributed by atoms with Crippen molar-refractivity contribution >= 4 is 23.1 Å². The van der Waals surface area contributed by atoms with Crippen LogP contribution < -0.4 is 10.6 Å². The van der Waals surface area contributed by atoms with Crippen LogP contribution in [0.4, 0.5) is 0 Å². The van der Waals surface area contributed by atoms with Crippen LogP contribution in [0.5, 0.6) is 0 Å². The molecule has 0 aliphatic heterocycles. The molecule has 3 nitrogen and oxygen atoms in total. The quantitative estimate of drug-likeness (QED) is 0.572. The molecule has 2 fully saturated rings. The predicted octanol–water partition coefficient (Wildman–Crippen LogP) is 1.90. The topological polar surface area (TPSA) is 41.1 Å². The first-order chi connectivity index (χ1) is 7.75. The summed E-state index contributed by atoms with van der Waals surface area (Å²) in [7, 11) is 0. The Morgan fingerprint density at radius 2 is 1.44 bits per heavy atom. The second-order valence-electron chi connectivity index (χ2n) is 4.91. The highest BCUT2D eigenvalue weighted by Crippen LogP contribution is 2.19. The number of nitrogens with one attached hydrogen (secondary N) is 2. The number of amides is 1. The van der Waals surface area contributed by atoms with Gasteiger partial charge in [0.25, 0.3) is 5.91 Å². The van der Waals surface area contributed by atoms with Crippen LogP contribution in [0.2, 0.25) is 0 Å². The zero-order chi connectivity index (χ0) is 11.4. The molecule has 16 heavy (non-hydrogen) atoms. The Morgan fingerprint density at radius 1 is 0.875 bits per heavy atom. The summed E-state index contributed by atoms with van der Waals surface area (Å²) in [5.41, 5.74) is 0. The van der Waals surface area contributed by atoms with E-state index in [1.54, 1.807) is 0 Å². The van der Waals surface area contributed by atoms with Crippen molar-refractivity contribution in [1.82, 2.24) is 10.6 Å². The van der Waals surface area contributed by atoms with Crippen LogP contribution in [-0.4, -0.2) is 23.0 Å². The van der Waals surface area contributed by atoms with E-state index in [0.29, 0.717) is 17.1 Å². The first-order valence-electron chi connectivity index (χ1n) is 6.37. The van der Waals surface area contributed by atoms with Crippen molar-refractivity contribution in [2.45, 2.75) is 63.5 Å². The molecule has 0 spiro atoms. The third-order valence-corrected chi connectivity index (χ3v) is 3.61. The largest absolute Gasteiger partial charge is 0.369 e. The molecule has 0 bridgehead atoms. The molecule has 0 aromatic rings. The lowest BCUT2D eigenvalue weighted by Gasteiger charge is -2.16. The highest BCUT2D eigenvalue weighted by molar-refractivity contribution is 7.82. The molecule has 0 aromatic heterocycles. The molecule has 2 rings (SSSR count). The predicted molar refractivity (Wildman–Crippen MR) is 68.4 cm³/mol. The Kier molecular flexibility index (Phi) is 4.16. The van der Waals surface area contributed by atoms with Crippen LogP contribution >= 0.6 is 12.2 Å². The number of thiocarbonyl (C=S) groups is 1. The Labute approximate surface area is 102 Å².